The standard InChI is InChI=1S/C17H27NO/c1-5-8-17(9-10-17)12-18-14(3)15-11-13(2)6-7-16(15)19-4/h6-7,11,14,18H,5,8-10,12H2,1-4H3. The van der Waals surface area contributed by atoms with Crippen molar-refractivity contribution in [1.82, 2.24) is 5.32 Å². The number of benzene rings is 1. The molecule has 0 heterocycles. The summed E-state index contributed by atoms with van der Waals surface area (Å²) in [7, 11) is 1.75. The molecule has 0 radical (unpaired) electrons. The molecule has 1 aliphatic rings. The molecule has 0 bridgehead atoms. The van der Waals surface area contributed by atoms with Crippen LogP contribution in [0, 0.1) is 12.3 Å². The van der Waals surface area contributed by atoms with Crippen LogP contribution in [0.3, 0.4) is 0 Å². The van der Waals surface area contributed by atoms with E-state index in [0.717, 1.165) is 12.3 Å². The quantitative estimate of drug-likeness (QED) is 0.793. The molecule has 1 fully saturated rings. The van der Waals surface area contributed by atoms with Gasteiger partial charge in [-0.1, -0.05) is 31.0 Å². The molecular formula is C17H27NO. The van der Waals surface area contributed by atoms with E-state index < -0.39 is 0 Å². The first-order valence-electron chi connectivity index (χ1n) is 7.48. The fraction of sp³-hybridized carbons (Fsp3) is 0.647. The van der Waals surface area contributed by atoms with Gasteiger partial charge in [0.1, 0.15) is 5.75 Å². The zero-order valence-electron chi connectivity index (χ0n) is 12.8. The monoisotopic (exact) mass is 261 g/mol. The van der Waals surface area contributed by atoms with Gasteiger partial charge in [-0.3, -0.25) is 0 Å². The van der Waals surface area contributed by atoms with E-state index >= 15 is 0 Å². The average molecular weight is 261 g/mol. The molecular weight excluding hydrogens is 234 g/mol. The first-order valence-corrected chi connectivity index (χ1v) is 7.48. The normalized spacial score (nSPS) is 18.1. The van der Waals surface area contributed by atoms with Crippen LogP contribution < -0.4 is 10.1 Å². The fourth-order valence-corrected chi connectivity index (χ4v) is 2.89. The maximum absolute atomic E-state index is 5.48. The van der Waals surface area contributed by atoms with Crippen LogP contribution >= 0.6 is 0 Å². The van der Waals surface area contributed by atoms with E-state index in [-0.39, 0.29) is 0 Å². The number of methoxy groups -OCH3 is 1. The lowest BCUT2D eigenvalue weighted by Gasteiger charge is -2.22. The highest BCUT2D eigenvalue weighted by atomic mass is 16.5. The summed E-state index contributed by atoms with van der Waals surface area (Å²) in [5.41, 5.74) is 3.16. The molecule has 2 rings (SSSR count). The van der Waals surface area contributed by atoms with Gasteiger partial charge in [0.2, 0.25) is 0 Å². The predicted molar refractivity (Wildman–Crippen MR) is 80.7 cm³/mol. The second kappa shape index (κ2) is 5.96. The minimum absolute atomic E-state index is 0.351. The van der Waals surface area contributed by atoms with Gasteiger partial charge in [-0.05, 0) is 44.6 Å². The van der Waals surface area contributed by atoms with Crippen LogP contribution in [0.15, 0.2) is 18.2 Å². The first-order chi connectivity index (χ1) is 9.10. The summed E-state index contributed by atoms with van der Waals surface area (Å²) in [6.07, 6.45) is 5.44. The molecule has 0 aliphatic heterocycles. The van der Waals surface area contributed by atoms with E-state index in [2.05, 4.69) is 44.3 Å². The Morgan fingerprint density at radius 2 is 2.11 bits per heavy atom. The van der Waals surface area contributed by atoms with E-state index in [1.54, 1.807) is 7.11 Å². The highest BCUT2D eigenvalue weighted by molar-refractivity contribution is 5.38. The third-order valence-electron chi connectivity index (χ3n) is 4.37. The molecule has 1 unspecified atom stereocenters. The molecule has 0 saturated heterocycles. The summed E-state index contributed by atoms with van der Waals surface area (Å²) in [6.45, 7) is 7.79. The summed E-state index contributed by atoms with van der Waals surface area (Å²) in [4.78, 5) is 0. The van der Waals surface area contributed by atoms with Crippen LogP contribution in [0.5, 0.6) is 5.75 Å². The van der Waals surface area contributed by atoms with E-state index in [4.69, 9.17) is 4.74 Å². The number of hydrogen-bond donors (Lipinski definition) is 1. The molecule has 2 nitrogen and oxygen atoms in total. The SMILES string of the molecule is CCCC1(CNC(C)c2cc(C)ccc2OC)CC1. The topological polar surface area (TPSA) is 21.3 Å². The Morgan fingerprint density at radius 3 is 2.68 bits per heavy atom. The van der Waals surface area contributed by atoms with Crippen LogP contribution in [-0.2, 0) is 0 Å². The molecule has 2 heteroatoms. The molecule has 0 spiro atoms. The van der Waals surface area contributed by atoms with Gasteiger partial charge in [0, 0.05) is 18.2 Å². The Balaban J connectivity index is 1.99. The van der Waals surface area contributed by atoms with Crippen molar-refractivity contribution in [3.05, 3.63) is 29.3 Å². The molecule has 106 valence electrons. The number of hydrogen-bond acceptors (Lipinski definition) is 2. The van der Waals surface area contributed by atoms with Crippen molar-refractivity contribution in [1.29, 1.82) is 0 Å². The smallest absolute Gasteiger partial charge is 0.123 e. The third kappa shape index (κ3) is 3.50. The van der Waals surface area contributed by atoms with Gasteiger partial charge in [0.25, 0.3) is 0 Å². The zero-order chi connectivity index (χ0) is 13.9. The van der Waals surface area contributed by atoms with Crippen LogP contribution in [0.25, 0.3) is 0 Å². The van der Waals surface area contributed by atoms with Gasteiger partial charge in [0.05, 0.1) is 7.11 Å². The maximum atomic E-state index is 5.48. The van der Waals surface area contributed by atoms with Gasteiger partial charge >= 0.3 is 0 Å². The first kappa shape index (κ1) is 14.4. The summed E-state index contributed by atoms with van der Waals surface area (Å²) < 4.78 is 5.48. The molecule has 1 N–H and O–H groups in total. The Bertz CT molecular complexity index is 423. The number of rotatable bonds is 7. The molecule has 1 atom stereocenters. The van der Waals surface area contributed by atoms with Crippen molar-refractivity contribution in [3.63, 3.8) is 0 Å². The number of nitrogens with one attached hydrogen (secondary N) is 1. The highest BCUT2D eigenvalue weighted by Gasteiger charge is 2.41. The zero-order valence-corrected chi connectivity index (χ0v) is 12.8. The highest BCUT2D eigenvalue weighted by Crippen LogP contribution is 2.49. The predicted octanol–water partition coefficient (Wildman–Crippen LogP) is 4.23. The molecule has 1 saturated carbocycles. The van der Waals surface area contributed by atoms with E-state index in [1.165, 1.54) is 36.8 Å². The van der Waals surface area contributed by atoms with E-state index in [0.29, 0.717) is 11.5 Å². The van der Waals surface area contributed by atoms with Crippen LogP contribution in [-0.4, -0.2) is 13.7 Å². The van der Waals surface area contributed by atoms with E-state index in [1.807, 2.05) is 0 Å². The van der Waals surface area contributed by atoms with Crippen molar-refractivity contribution in [2.75, 3.05) is 13.7 Å². The molecule has 19 heavy (non-hydrogen) atoms. The van der Waals surface area contributed by atoms with Crippen LogP contribution in [0.2, 0.25) is 0 Å². The lowest BCUT2D eigenvalue weighted by molar-refractivity contribution is 0.378. The lowest BCUT2D eigenvalue weighted by atomic mass is 9.99. The Labute approximate surface area is 117 Å². The van der Waals surface area contributed by atoms with Crippen molar-refractivity contribution < 1.29 is 4.74 Å². The average Bonchev–Trinajstić information content (AvgIpc) is 3.17. The second-order valence-electron chi connectivity index (χ2n) is 6.10. The molecule has 1 aliphatic carbocycles. The minimum atomic E-state index is 0.351. The summed E-state index contributed by atoms with van der Waals surface area (Å²) in [5.74, 6) is 0.992. The summed E-state index contributed by atoms with van der Waals surface area (Å²) in [5, 5.41) is 3.71. The van der Waals surface area contributed by atoms with Gasteiger partial charge < -0.3 is 10.1 Å². The van der Waals surface area contributed by atoms with Crippen molar-refractivity contribution in [3.8, 4) is 5.75 Å². The maximum Gasteiger partial charge on any atom is 0.123 e. The van der Waals surface area contributed by atoms with Crippen LogP contribution in [0.4, 0.5) is 0 Å². The van der Waals surface area contributed by atoms with Crippen molar-refractivity contribution >= 4 is 0 Å². The van der Waals surface area contributed by atoms with Crippen molar-refractivity contribution in [2.24, 2.45) is 5.41 Å². The Morgan fingerprint density at radius 1 is 1.37 bits per heavy atom. The lowest BCUT2D eigenvalue weighted by Crippen LogP contribution is -2.27. The number of ether oxygens (including phenoxy) is 1. The summed E-state index contributed by atoms with van der Waals surface area (Å²) >= 11 is 0. The Kier molecular flexibility index (Phi) is 4.51. The second-order valence-corrected chi connectivity index (χ2v) is 6.10. The van der Waals surface area contributed by atoms with E-state index in [9.17, 15) is 0 Å². The van der Waals surface area contributed by atoms with Gasteiger partial charge in [-0.25, -0.2) is 0 Å². The Hall–Kier alpha value is -1.02. The fourth-order valence-electron chi connectivity index (χ4n) is 2.89. The summed E-state index contributed by atoms with van der Waals surface area (Å²) in [6, 6.07) is 6.76. The van der Waals surface area contributed by atoms with Gasteiger partial charge in [0.15, 0.2) is 0 Å². The van der Waals surface area contributed by atoms with Gasteiger partial charge in [-0.2, -0.15) is 0 Å². The largest absolute Gasteiger partial charge is 0.496 e. The third-order valence-corrected chi connectivity index (χ3v) is 4.37. The molecule has 1 aromatic rings. The van der Waals surface area contributed by atoms with Gasteiger partial charge in [-0.15, -0.1) is 0 Å². The minimum Gasteiger partial charge on any atom is -0.496 e. The van der Waals surface area contributed by atoms with Crippen LogP contribution in [0.1, 0.15) is 56.7 Å². The number of aryl methyl sites for hydroxylation is 1. The molecule has 0 aromatic heterocycles. The molecule has 0 amide bonds. The molecule has 1 aromatic carbocycles. The van der Waals surface area contributed by atoms with Crippen molar-refractivity contribution in [2.45, 2.75) is 52.5 Å².